The number of aromatic amines is 1. The number of pyridine rings is 2. The number of hydrogen-bond donors (Lipinski definition) is 2. The highest BCUT2D eigenvalue weighted by Gasteiger charge is 2.14. The molecule has 5 nitrogen and oxygen atoms in total. The summed E-state index contributed by atoms with van der Waals surface area (Å²) in [5.74, 6) is 0.408. The Bertz CT molecular complexity index is 617. The maximum absolute atomic E-state index is 11.9. The number of nitrogens with zero attached hydrogens (tertiary/aromatic N) is 1. The number of nitrogens with one attached hydrogen (secondary N) is 1. The number of H-pyrrole nitrogens is 1. The minimum Gasteiger partial charge on any atom is -0.494 e. The van der Waals surface area contributed by atoms with E-state index in [1.165, 1.54) is 13.3 Å². The molecule has 0 aliphatic carbocycles. The fraction of sp³-hybridized carbons (Fsp3) is 0.333. The lowest BCUT2D eigenvalue weighted by Crippen LogP contribution is -2.11. The zero-order valence-corrected chi connectivity index (χ0v) is 9.94. The second-order valence-electron chi connectivity index (χ2n) is 3.96. The molecule has 2 aromatic heterocycles. The van der Waals surface area contributed by atoms with Crippen LogP contribution in [0.2, 0.25) is 0 Å². The van der Waals surface area contributed by atoms with E-state index in [-0.39, 0.29) is 5.56 Å². The van der Waals surface area contributed by atoms with Crippen molar-refractivity contribution in [2.45, 2.75) is 20.0 Å². The Morgan fingerprint density at radius 1 is 1.53 bits per heavy atom. The zero-order valence-electron chi connectivity index (χ0n) is 9.94. The van der Waals surface area contributed by atoms with Crippen LogP contribution in [0.15, 0.2) is 17.1 Å². The van der Waals surface area contributed by atoms with Crippen molar-refractivity contribution < 1.29 is 9.84 Å². The molecule has 2 rings (SSSR count). The van der Waals surface area contributed by atoms with Gasteiger partial charge in [0.1, 0.15) is 0 Å². The molecule has 5 heteroatoms. The van der Waals surface area contributed by atoms with E-state index in [1.54, 1.807) is 19.9 Å². The highest BCUT2D eigenvalue weighted by molar-refractivity contribution is 5.89. The molecule has 2 N–H and O–H groups in total. The zero-order chi connectivity index (χ0) is 12.6. The van der Waals surface area contributed by atoms with Gasteiger partial charge in [0.15, 0.2) is 5.75 Å². The number of aliphatic hydroxyl groups is 1. The molecule has 0 saturated heterocycles. The Balaban J connectivity index is 2.95. The predicted octanol–water partition coefficient (Wildman–Crippen LogP) is 1.29. The molecular weight excluding hydrogens is 220 g/mol. The van der Waals surface area contributed by atoms with Gasteiger partial charge in [0.2, 0.25) is 0 Å². The summed E-state index contributed by atoms with van der Waals surface area (Å²) in [6.45, 7) is 3.40. The minimum atomic E-state index is -0.732. The summed E-state index contributed by atoms with van der Waals surface area (Å²) in [4.78, 5) is 18.7. The van der Waals surface area contributed by atoms with Crippen molar-refractivity contribution in [2.75, 3.05) is 7.11 Å². The van der Waals surface area contributed by atoms with Crippen LogP contribution in [0.1, 0.15) is 24.4 Å². The number of aliphatic hydroxyl groups excluding tert-OH is 1. The Morgan fingerprint density at radius 3 is 2.82 bits per heavy atom. The normalized spacial score (nSPS) is 12.7. The van der Waals surface area contributed by atoms with E-state index in [1.807, 2.05) is 0 Å². The lowest BCUT2D eigenvalue weighted by Gasteiger charge is -2.11. The first-order valence-corrected chi connectivity index (χ1v) is 5.29. The molecule has 1 unspecified atom stereocenters. The summed E-state index contributed by atoms with van der Waals surface area (Å²) < 4.78 is 5.12. The van der Waals surface area contributed by atoms with Crippen molar-refractivity contribution in [3.05, 3.63) is 34.0 Å². The maximum atomic E-state index is 11.9. The van der Waals surface area contributed by atoms with Crippen molar-refractivity contribution in [1.82, 2.24) is 9.97 Å². The fourth-order valence-electron chi connectivity index (χ4n) is 1.89. The maximum Gasteiger partial charge on any atom is 0.259 e. The molecule has 0 radical (unpaired) electrons. The first-order valence-electron chi connectivity index (χ1n) is 5.29. The van der Waals surface area contributed by atoms with Crippen LogP contribution in [-0.2, 0) is 0 Å². The van der Waals surface area contributed by atoms with Gasteiger partial charge < -0.3 is 14.8 Å². The number of rotatable bonds is 2. The Kier molecular flexibility index (Phi) is 2.85. The first kappa shape index (κ1) is 11.6. The fourth-order valence-corrected chi connectivity index (χ4v) is 1.89. The summed E-state index contributed by atoms with van der Waals surface area (Å²) >= 11 is 0. The van der Waals surface area contributed by atoms with Crippen molar-refractivity contribution >= 4 is 10.8 Å². The highest BCUT2D eigenvalue weighted by atomic mass is 16.5. The third-order valence-electron chi connectivity index (χ3n) is 2.63. The second-order valence-corrected chi connectivity index (χ2v) is 3.96. The van der Waals surface area contributed by atoms with E-state index >= 15 is 0 Å². The average molecular weight is 234 g/mol. The molecule has 0 saturated carbocycles. The van der Waals surface area contributed by atoms with E-state index in [0.29, 0.717) is 22.2 Å². The Hall–Kier alpha value is -1.88. The van der Waals surface area contributed by atoms with Gasteiger partial charge >= 0.3 is 0 Å². The summed E-state index contributed by atoms with van der Waals surface area (Å²) in [7, 11) is 1.48. The van der Waals surface area contributed by atoms with Crippen LogP contribution in [-0.4, -0.2) is 22.2 Å². The molecule has 0 bridgehead atoms. The van der Waals surface area contributed by atoms with Crippen molar-refractivity contribution in [1.29, 1.82) is 0 Å². The third-order valence-corrected chi connectivity index (χ3v) is 2.63. The van der Waals surface area contributed by atoms with Crippen LogP contribution < -0.4 is 10.3 Å². The van der Waals surface area contributed by atoms with E-state index in [2.05, 4.69) is 9.97 Å². The van der Waals surface area contributed by atoms with E-state index < -0.39 is 6.10 Å². The van der Waals surface area contributed by atoms with Crippen LogP contribution >= 0.6 is 0 Å². The molecule has 0 aliphatic heterocycles. The van der Waals surface area contributed by atoms with Crippen molar-refractivity contribution in [3.8, 4) is 5.75 Å². The third kappa shape index (κ3) is 1.89. The van der Waals surface area contributed by atoms with Gasteiger partial charge in [-0.1, -0.05) is 0 Å². The van der Waals surface area contributed by atoms with Crippen molar-refractivity contribution in [3.63, 3.8) is 0 Å². The molecular formula is C12H14N2O3. The lowest BCUT2D eigenvalue weighted by atomic mass is 10.1. The largest absolute Gasteiger partial charge is 0.494 e. The van der Waals surface area contributed by atoms with Crippen LogP contribution in [0.3, 0.4) is 0 Å². The monoisotopic (exact) mass is 234 g/mol. The number of methoxy groups -OCH3 is 1. The van der Waals surface area contributed by atoms with Gasteiger partial charge in [0.05, 0.1) is 30.5 Å². The molecule has 17 heavy (non-hydrogen) atoms. The summed E-state index contributed by atoms with van der Waals surface area (Å²) in [6.07, 6.45) is 0.721. The van der Waals surface area contributed by atoms with Gasteiger partial charge in [0.25, 0.3) is 5.56 Å². The number of aromatic nitrogens is 2. The van der Waals surface area contributed by atoms with E-state index in [4.69, 9.17) is 4.74 Å². The standard InChI is InChI=1S/C12H14N2O3/c1-6-4-8-10(12(16)14-6)9(17-3)5-13-11(8)7(2)15/h4-5,7,15H,1-3H3,(H,14,16). The van der Waals surface area contributed by atoms with Crippen LogP contribution in [0.25, 0.3) is 10.8 Å². The molecule has 2 aromatic rings. The molecule has 0 aliphatic rings. The van der Waals surface area contributed by atoms with Gasteiger partial charge in [-0.3, -0.25) is 9.78 Å². The van der Waals surface area contributed by atoms with Crippen LogP contribution in [0.5, 0.6) is 5.75 Å². The number of ether oxygens (including phenoxy) is 1. The van der Waals surface area contributed by atoms with E-state index in [9.17, 15) is 9.90 Å². The Morgan fingerprint density at radius 2 is 2.24 bits per heavy atom. The Labute approximate surface area is 98.1 Å². The van der Waals surface area contributed by atoms with Gasteiger partial charge in [-0.05, 0) is 19.9 Å². The molecule has 0 amide bonds. The average Bonchev–Trinajstić information content (AvgIpc) is 2.26. The number of fused-ring (bicyclic) bond motifs is 1. The van der Waals surface area contributed by atoms with E-state index in [0.717, 1.165) is 5.69 Å². The highest BCUT2D eigenvalue weighted by Crippen LogP contribution is 2.27. The quantitative estimate of drug-likeness (QED) is 0.821. The number of hydrogen-bond acceptors (Lipinski definition) is 4. The topological polar surface area (TPSA) is 75.2 Å². The molecule has 0 aromatic carbocycles. The summed E-state index contributed by atoms with van der Waals surface area (Å²) in [5, 5.41) is 10.7. The first-order chi connectivity index (χ1) is 8.04. The van der Waals surface area contributed by atoms with Crippen LogP contribution in [0.4, 0.5) is 0 Å². The molecule has 0 spiro atoms. The molecule has 90 valence electrons. The molecule has 0 fully saturated rings. The second kappa shape index (κ2) is 4.18. The van der Waals surface area contributed by atoms with Gasteiger partial charge in [-0.25, -0.2) is 0 Å². The van der Waals surface area contributed by atoms with Crippen molar-refractivity contribution in [2.24, 2.45) is 0 Å². The smallest absolute Gasteiger partial charge is 0.259 e. The van der Waals surface area contributed by atoms with Crippen LogP contribution in [0, 0.1) is 6.92 Å². The predicted molar refractivity (Wildman–Crippen MR) is 64.3 cm³/mol. The van der Waals surface area contributed by atoms with Gasteiger partial charge in [0, 0.05) is 11.1 Å². The summed E-state index contributed by atoms with van der Waals surface area (Å²) in [5.41, 5.74) is 0.968. The van der Waals surface area contributed by atoms with Gasteiger partial charge in [-0.2, -0.15) is 0 Å². The minimum absolute atomic E-state index is 0.235. The van der Waals surface area contributed by atoms with Gasteiger partial charge in [-0.15, -0.1) is 0 Å². The lowest BCUT2D eigenvalue weighted by molar-refractivity contribution is 0.196. The summed E-state index contributed by atoms with van der Waals surface area (Å²) in [6, 6.07) is 1.79. The number of aryl methyl sites for hydroxylation is 1. The molecule has 2 heterocycles. The molecule has 1 atom stereocenters. The SMILES string of the molecule is COc1cnc(C(C)O)c2cc(C)[nH]c(=O)c12.